The first-order chi connectivity index (χ1) is 8.80. The lowest BCUT2D eigenvalue weighted by atomic mass is 10.4. The highest BCUT2D eigenvalue weighted by Gasteiger charge is 2.27. The van der Waals surface area contributed by atoms with Crippen LogP contribution in [0.1, 0.15) is 13.8 Å². The van der Waals surface area contributed by atoms with Crippen molar-refractivity contribution >= 4 is 21.6 Å². The van der Waals surface area contributed by atoms with Crippen LogP contribution in [0.25, 0.3) is 0 Å². The largest absolute Gasteiger partial charge is 0.383 e. The van der Waals surface area contributed by atoms with Gasteiger partial charge < -0.3 is 9.72 Å². The van der Waals surface area contributed by atoms with Gasteiger partial charge in [0.25, 0.3) is 5.56 Å². The van der Waals surface area contributed by atoms with Crippen LogP contribution in [0, 0.1) is 0 Å². The Morgan fingerprint density at radius 2 is 2.11 bits per heavy atom. The number of nitrogens with zero attached hydrogens (tertiary/aromatic N) is 1. The summed E-state index contributed by atoms with van der Waals surface area (Å²) in [5.74, 6) is 0. The molecule has 1 N–H and O–H groups in total. The van der Waals surface area contributed by atoms with Crippen molar-refractivity contribution in [2.24, 2.45) is 0 Å². The zero-order chi connectivity index (χ0) is 14.6. The summed E-state index contributed by atoms with van der Waals surface area (Å²) in [4.78, 5) is 13.4. The predicted octanol–water partition coefficient (Wildman–Crippen LogP) is 1.07. The maximum atomic E-state index is 12.4. The van der Waals surface area contributed by atoms with E-state index in [9.17, 15) is 13.2 Å². The molecule has 0 amide bonds. The normalized spacial score (nSPS) is 12.3. The molecule has 0 radical (unpaired) electrons. The van der Waals surface area contributed by atoms with Gasteiger partial charge in [0.05, 0.1) is 11.5 Å². The molecule has 0 unspecified atom stereocenters. The Balaban J connectivity index is 3.18. The fourth-order valence-corrected chi connectivity index (χ4v) is 3.41. The maximum absolute atomic E-state index is 12.4. The molecule has 1 heterocycles. The Bertz CT molecular complexity index is 583. The Kier molecular flexibility index (Phi) is 5.54. The Morgan fingerprint density at radius 3 is 2.58 bits per heavy atom. The Hall–Kier alpha value is -0.890. The van der Waals surface area contributed by atoms with E-state index in [1.54, 1.807) is 13.8 Å². The van der Waals surface area contributed by atoms with E-state index in [1.807, 2.05) is 0 Å². The average Bonchev–Trinajstić information content (AvgIpc) is 2.32. The second-order valence-corrected chi connectivity index (χ2v) is 6.51. The topological polar surface area (TPSA) is 79.5 Å². The summed E-state index contributed by atoms with van der Waals surface area (Å²) < 4.78 is 31.1. The van der Waals surface area contributed by atoms with Gasteiger partial charge >= 0.3 is 0 Å². The first kappa shape index (κ1) is 16.2. The SMILES string of the molecule is COCCN(C(C)C)S(=O)(=O)c1c[nH]c(=O)c(Cl)c1. The summed E-state index contributed by atoms with van der Waals surface area (Å²) in [5, 5.41) is -0.156. The summed E-state index contributed by atoms with van der Waals surface area (Å²) in [6.07, 6.45) is 1.14. The quantitative estimate of drug-likeness (QED) is 0.852. The predicted molar refractivity (Wildman–Crippen MR) is 73.0 cm³/mol. The molecule has 6 nitrogen and oxygen atoms in total. The highest BCUT2D eigenvalue weighted by atomic mass is 35.5. The minimum atomic E-state index is -3.71. The molecular formula is C11H17ClN2O4S. The molecule has 0 aromatic carbocycles. The standard InChI is InChI=1S/C11H17ClN2O4S/c1-8(2)14(4-5-18-3)19(16,17)9-6-10(12)11(15)13-7-9/h6-8H,4-5H2,1-3H3,(H,13,15). The number of H-pyrrole nitrogens is 1. The minimum absolute atomic E-state index is 0.0399. The van der Waals surface area contributed by atoms with Crippen molar-refractivity contribution in [1.29, 1.82) is 0 Å². The van der Waals surface area contributed by atoms with Gasteiger partial charge in [0.1, 0.15) is 5.02 Å². The van der Waals surface area contributed by atoms with E-state index >= 15 is 0 Å². The molecule has 0 saturated carbocycles. The molecule has 1 aromatic heterocycles. The van der Waals surface area contributed by atoms with E-state index in [4.69, 9.17) is 16.3 Å². The Morgan fingerprint density at radius 1 is 1.47 bits per heavy atom. The number of aromatic nitrogens is 1. The third kappa shape index (κ3) is 3.79. The van der Waals surface area contributed by atoms with Crippen LogP contribution in [0.4, 0.5) is 0 Å². The monoisotopic (exact) mass is 308 g/mol. The molecule has 0 spiro atoms. The summed E-state index contributed by atoms with van der Waals surface area (Å²) in [5.41, 5.74) is -0.520. The third-order valence-corrected chi connectivity index (χ3v) is 4.86. The molecule has 0 bridgehead atoms. The molecule has 108 valence electrons. The number of ether oxygens (including phenoxy) is 1. The average molecular weight is 309 g/mol. The van der Waals surface area contributed by atoms with E-state index in [0.717, 1.165) is 12.3 Å². The van der Waals surface area contributed by atoms with Gasteiger partial charge in [0.15, 0.2) is 0 Å². The zero-order valence-corrected chi connectivity index (χ0v) is 12.6. The zero-order valence-electron chi connectivity index (χ0n) is 11.0. The molecule has 0 aliphatic carbocycles. The molecule has 0 fully saturated rings. The number of nitrogens with one attached hydrogen (secondary N) is 1. The van der Waals surface area contributed by atoms with Crippen LogP contribution in [0.5, 0.6) is 0 Å². The first-order valence-electron chi connectivity index (χ1n) is 5.69. The van der Waals surface area contributed by atoms with E-state index in [-0.39, 0.29) is 29.1 Å². The third-order valence-electron chi connectivity index (χ3n) is 2.53. The lowest BCUT2D eigenvalue weighted by Gasteiger charge is -2.25. The van der Waals surface area contributed by atoms with Crippen LogP contribution >= 0.6 is 11.6 Å². The first-order valence-corrected chi connectivity index (χ1v) is 7.51. The van der Waals surface area contributed by atoms with Crippen LogP contribution in [0.15, 0.2) is 22.0 Å². The van der Waals surface area contributed by atoms with Crippen LogP contribution in [-0.4, -0.2) is 44.0 Å². The molecule has 0 aliphatic heterocycles. The van der Waals surface area contributed by atoms with E-state index in [0.29, 0.717) is 0 Å². The molecule has 0 aliphatic rings. The highest BCUT2D eigenvalue weighted by molar-refractivity contribution is 7.89. The summed E-state index contributed by atoms with van der Waals surface area (Å²) in [6, 6.07) is 0.920. The molecular weight excluding hydrogens is 292 g/mol. The van der Waals surface area contributed by atoms with Gasteiger partial charge in [-0.25, -0.2) is 8.42 Å². The molecule has 0 saturated heterocycles. The molecule has 0 atom stereocenters. The van der Waals surface area contributed by atoms with Gasteiger partial charge in [-0.2, -0.15) is 4.31 Å². The highest BCUT2D eigenvalue weighted by Crippen LogP contribution is 2.18. The fourth-order valence-electron chi connectivity index (χ4n) is 1.56. The van der Waals surface area contributed by atoms with Crippen molar-refractivity contribution in [3.63, 3.8) is 0 Å². The molecule has 19 heavy (non-hydrogen) atoms. The van der Waals surface area contributed by atoms with Gasteiger partial charge in [-0.1, -0.05) is 11.6 Å². The smallest absolute Gasteiger partial charge is 0.266 e. The minimum Gasteiger partial charge on any atom is -0.383 e. The van der Waals surface area contributed by atoms with Gasteiger partial charge in [0.2, 0.25) is 10.0 Å². The summed E-state index contributed by atoms with van der Waals surface area (Å²) in [7, 11) is -2.21. The lowest BCUT2D eigenvalue weighted by molar-refractivity contribution is 0.171. The molecule has 1 aromatic rings. The van der Waals surface area contributed by atoms with Gasteiger partial charge in [0, 0.05) is 25.9 Å². The number of rotatable bonds is 6. The number of hydrogen-bond donors (Lipinski definition) is 1. The van der Waals surface area contributed by atoms with Crippen LogP contribution < -0.4 is 5.56 Å². The number of hydrogen-bond acceptors (Lipinski definition) is 4. The number of sulfonamides is 1. The second kappa shape index (κ2) is 6.51. The van der Waals surface area contributed by atoms with Crippen molar-refractivity contribution in [2.45, 2.75) is 24.8 Å². The number of halogens is 1. The number of methoxy groups -OCH3 is 1. The molecule has 1 rings (SSSR count). The maximum Gasteiger partial charge on any atom is 0.266 e. The number of aromatic amines is 1. The van der Waals surface area contributed by atoms with Crippen molar-refractivity contribution in [3.05, 3.63) is 27.6 Å². The van der Waals surface area contributed by atoms with Crippen LogP contribution in [-0.2, 0) is 14.8 Å². The van der Waals surface area contributed by atoms with Gasteiger partial charge in [-0.15, -0.1) is 0 Å². The van der Waals surface area contributed by atoms with E-state index in [2.05, 4.69) is 4.98 Å². The van der Waals surface area contributed by atoms with Crippen LogP contribution in [0.2, 0.25) is 5.02 Å². The Labute approximate surface area is 117 Å². The van der Waals surface area contributed by atoms with Gasteiger partial charge in [-0.05, 0) is 19.9 Å². The van der Waals surface area contributed by atoms with Crippen molar-refractivity contribution in [3.8, 4) is 0 Å². The van der Waals surface area contributed by atoms with Gasteiger partial charge in [-0.3, -0.25) is 4.79 Å². The fraction of sp³-hybridized carbons (Fsp3) is 0.545. The van der Waals surface area contributed by atoms with Crippen LogP contribution in [0.3, 0.4) is 0 Å². The second-order valence-electron chi connectivity index (χ2n) is 4.21. The lowest BCUT2D eigenvalue weighted by Crippen LogP contribution is -2.39. The van der Waals surface area contributed by atoms with Crippen molar-refractivity contribution in [1.82, 2.24) is 9.29 Å². The molecule has 8 heteroatoms. The van der Waals surface area contributed by atoms with E-state index < -0.39 is 15.6 Å². The summed E-state index contributed by atoms with van der Waals surface area (Å²) in [6.45, 7) is 4.04. The number of pyridine rings is 1. The van der Waals surface area contributed by atoms with E-state index in [1.165, 1.54) is 11.4 Å². The van der Waals surface area contributed by atoms with Crippen molar-refractivity contribution in [2.75, 3.05) is 20.3 Å². The summed E-state index contributed by atoms with van der Waals surface area (Å²) >= 11 is 5.66. The van der Waals surface area contributed by atoms with Crippen molar-refractivity contribution < 1.29 is 13.2 Å².